The molecule has 208 valence electrons. The Hall–Kier alpha value is -4.04. The molecule has 40 heavy (non-hydrogen) atoms. The third-order valence-corrected chi connectivity index (χ3v) is 8.00. The van der Waals surface area contributed by atoms with Crippen molar-refractivity contribution in [3.05, 3.63) is 80.9 Å². The Morgan fingerprint density at radius 3 is 2.38 bits per heavy atom. The van der Waals surface area contributed by atoms with Crippen LogP contribution >= 0.6 is 11.6 Å². The average Bonchev–Trinajstić information content (AvgIpc) is 3.35. The zero-order valence-corrected chi connectivity index (χ0v) is 21.9. The minimum atomic E-state index is -5.24. The Labute approximate surface area is 227 Å². The summed E-state index contributed by atoms with van der Waals surface area (Å²) in [6, 6.07) is 3.43. The predicted octanol–water partition coefficient (Wildman–Crippen LogP) is 4.53. The quantitative estimate of drug-likeness (QED) is 0.334. The highest BCUT2D eigenvalue weighted by Gasteiger charge is 2.42. The van der Waals surface area contributed by atoms with Crippen molar-refractivity contribution >= 4 is 44.2 Å². The molecule has 0 aliphatic carbocycles. The summed E-state index contributed by atoms with van der Waals surface area (Å²) in [5, 5.41) is 5.93. The zero-order chi connectivity index (χ0) is 29.5. The zero-order valence-electron chi connectivity index (χ0n) is 20.3. The summed E-state index contributed by atoms with van der Waals surface area (Å²) in [6.45, 7) is 0. The summed E-state index contributed by atoms with van der Waals surface area (Å²) in [5.41, 5.74) is 0.687. The van der Waals surface area contributed by atoms with E-state index in [9.17, 15) is 40.0 Å². The van der Waals surface area contributed by atoms with E-state index in [4.69, 9.17) is 17.3 Å². The summed E-state index contributed by atoms with van der Waals surface area (Å²) in [4.78, 5) is 25.7. The lowest BCUT2D eigenvalue weighted by Crippen LogP contribution is -2.21. The smallest absolute Gasteiger partial charge is 0.366 e. The molecule has 3 aromatic carbocycles. The molecule has 5 rings (SSSR count). The molecule has 1 aliphatic heterocycles. The number of alkyl halides is 3. The van der Waals surface area contributed by atoms with Gasteiger partial charge in [0.25, 0.3) is 5.91 Å². The number of aryl methyl sites for hydroxylation is 1. The van der Waals surface area contributed by atoms with Gasteiger partial charge >= 0.3 is 6.18 Å². The van der Waals surface area contributed by atoms with E-state index in [2.05, 4.69) is 10.4 Å². The van der Waals surface area contributed by atoms with Gasteiger partial charge in [-0.25, -0.2) is 17.2 Å². The van der Waals surface area contributed by atoms with Gasteiger partial charge in [-0.2, -0.15) is 18.3 Å². The molecule has 1 aromatic heterocycles. The number of rotatable bonds is 4. The van der Waals surface area contributed by atoms with Crippen molar-refractivity contribution in [1.29, 1.82) is 0 Å². The number of aromatic nitrogens is 2. The minimum Gasteiger partial charge on any atom is -0.366 e. The highest BCUT2D eigenvalue weighted by molar-refractivity contribution is 7.90. The molecular weight excluding hydrogens is 583 g/mol. The van der Waals surface area contributed by atoms with Crippen LogP contribution in [0.4, 0.5) is 22.0 Å². The first-order chi connectivity index (χ1) is 18.5. The van der Waals surface area contributed by atoms with Crippen LogP contribution in [0.5, 0.6) is 0 Å². The number of benzene rings is 3. The van der Waals surface area contributed by atoms with Gasteiger partial charge in [-0.3, -0.25) is 14.3 Å². The van der Waals surface area contributed by atoms with E-state index in [0.717, 1.165) is 29.1 Å². The number of nitrogens with zero attached hydrogens (tertiary/aromatic N) is 2. The van der Waals surface area contributed by atoms with E-state index in [0.29, 0.717) is 6.07 Å². The first kappa shape index (κ1) is 27.5. The van der Waals surface area contributed by atoms with E-state index in [-0.39, 0.29) is 38.7 Å². The summed E-state index contributed by atoms with van der Waals surface area (Å²) in [5.74, 6) is -4.51. The van der Waals surface area contributed by atoms with Gasteiger partial charge in [0.15, 0.2) is 14.9 Å². The van der Waals surface area contributed by atoms with Gasteiger partial charge in [0.05, 0.1) is 22.7 Å². The van der Waals surface area contributed by atoms with Gasteiger partial charge in [0.2, 0.25) is 5.91 Å². The van der Waals surface area contributed by atoms with Gasteiger partial charge in [-0.1, -0.05) is 11.6 Å². The van der Waals surface area contributed by atoms with E-state index >= 15 is 0 Å². The number of carbonyl (C=O) groups is 2. The standard InChI is InChI=1S/C25H16ClF5N4O4S/c1-35-24(40(2,38)39)14-8-12(17-13(22(32)36)6-10(28)7-15(17)25(29,30)31)18-19(21(14)34-35)23(37)33-20(18)11-5-9(27)3-4-16(11)26/h3-8,20H,1-2H3,(H2,32,36)(H,33,37). The molecule has 1 atom stereocenters. The highest BCUT2D eigenvalue weighted by Crippen LogP contribution is 2.48. The summed E-state index contributed by atoms with van der Waals surface area (Å²) >= 11 is 6.28. The highest BCUT2D eigenvalue weighted by atomic mass is 35.5. The second kappa shape index (κ2) is 8.99. The fourth-order valence-electron chi connectivity index (χ4n) is 5.06. The van der Waals surface area contributed by atoms with Crippen molar-refractivity contribution in [2.75, 3.05) is 6.26 Å². The van der Waals surface area contributed by atoms with E-state index in [1.807, 2.05) is 0 Å². The molecule has 2 heterocycles. The summed E-state index contributed by atoms with van der Waals surface area (Å²) < 4.78 is 97.8. The minimum absolute atomic E-state index is 0.0510. The van der Waals surface area contributed by atoms with Gasteiger partial charge in [-0.15, -0.1) is 0 Å². The molecule has 8 nitrogen and oxygen atoms in total. The molecule has 0 fully saturated rings. The Morgan fingerprint density at radius 2 is 1.77 bits per heavy atom. The van der Waals surface area contributed by atoms with Crippen molar-refractivity contribution in [2.45, 2.75) is 17.2 Å². The molecule has 3 N–H and O–H groups in total. The van der Waals surface area contributed by atoms with Crippen molar-refractivity contribution in [3.8, 4) is 11.1 Å². The number of primary amides is 1. The number of nitrogens with two attached hydrogens (primary N) is 1. The Morgan fingerprint density at radius 1 is 1.10 bits per heavy atom. The normalized spacial score (nSPS) is 15.4. The number of carbonyl (C=O) groups excluding carboxylic acids is 2. The number of halogens is 6. The average molecular weight is 599 g/mol. The molecule has 0 radical (unpaired) electrons. The molecule has 0 bridgehead atoms. The van der Waals surface area contributed by atoms with Crippen molar-refractivity contribution in [1.82, 2.24) is 15.1 Å². The number of fused-ring (bicyclic) bond motifs is 3. The number of amides is 2. The van der Waals surface area contributed by atoms with Gasteiger partial charge < -0.3 is 11.1 Å². The lowest BCUT2D eigenvalue weighted by molar-refractivity contribution is -0.137. The van der Waals surface area contributed by atoms with Crippen LogP contribution in [0.3, 0.4) is 0 Å². The van der Waals surface area contributed by atoms with Crippen molar-refractivity contribution in [3.63, 3.8) is 0 Å². The molecule has 0 saturated heterocycles. The second-order valence-electron chi connectivity index (χ2n) is 9.12. The topological polar surface area (TPSA) is 124 Å². The first-order valence-electron chi connectivity index (χ1n) is 11.2. The van der Waals surface area contributed by atoms with E-state index in [1.165, 1.54) is 13.1 Å². The van der Waals surface area contributed by atoms with Crippen LogP contribution in [-0.4, -0.2) is 36.3 Å². The Kier molecular flexibility index (Phi) is 6.19. The van der Waals surface area contributed by atoms with Gasteiger partial charge in [0, 0.05) is 40.4 Å². The number of sulfone groups is 1. The van der Waals surface area contributed by atoms with Gasteiger partial charge in [0.1, 0.15) is 17.2 Å². The molecule has 0 spiro atoms. The van der Waals surface area contributed by atoms with Crippen LogP contribution in [-0.2, 0) is 23.1 Å². The monoisotopic (exact) mass is 598 g/mol. The van der Waals surface area contributed by atoms with Crippen molar-refractivity contribution < 1.29 is 40.0 Å². The van der Waals surface area contributed by atoms with Crippen LogP contribution in [0.1, 0.15) is 43.4 Å². The Bertz CT molecular complexity index is 1900. The maximum absolute atomic E-state index is 14.3. The fraction of sp³-hybridized carbons (Fsp3) is 0.160. The summed E-state index contributed by atoms with van der Waals surface area (Å²) in [7, 11) is -2.82. The van der Waals surface area contributed by atoms with Crippen LogP contribution in [0, 0.1) is 11.6 Å². The van der Waals surface area contributed by atoms with Crippen LogP contribution in [0.25, 0.3) is 22.0 Å². The van der Waals surface area contributed by atoms with Crippen LogP contribution < -0.4 is 11.1 Å². The molecular formula is C25H16ClF5N4O4S. The Balaban J connectivity index is 2.05. The fourth-order valence-corrected chi connectivity index (χ4v) is 6.36. The SMILES string of the molecule is Cn1nc2c3c(c(-c4c(C(N)=O)cc(F)cc4C(F)(F)F)cc2c1S(C)(=O)=O)C(c1cc(F)ccc1Cl)NC3=O. The molecule has 2 amide bonds. The third kappa shape index (κ3) is 4.27. The molecule has 15 heteroatoms. The molecule has 1 unspecified atom stereocenters. The first-order valence-corrected chi connectivity index (χ1v) is 13.5. The van der Waals surface area contributed by atoms with E-state index in [1.54, 1.807) is 0 Å². The predicted molar refractivity (Wildman–Crippen MR) is 133 cm³/mol. The van der Waals surface area contributed by atoms with Crippen molar-refractivity contribution in [2.24, 2.45) is 12.8 Å². The molecule has 4 aromatic rings. The lowest BCUT2D eigenvalue weighted by atomic mass is 9.84. The number of hydrogen-bond acceptors (Lipinski definition) is 5. The summed E-state index contributed by atoms with van der Waals surface area (Å²) in [6.07, 6.45) is -4.40. The lowest BCUT2D eigenvalue weighted by Gasteiger charge is -2.22. The third-order valence-electron chi connectivity index (χ3n) is 6.47. The number of hydrogen-bond donors (Lipinski definition) is 2. The molecule has 0 saturated carbocycles. The maximum atomic E-state index is 14.3. The molecule has 1 aliphatic rings. The number of nitrogens with one attached hydrogen (secondary N) is 1. The largest absolute Gasteiger partial charge is 0.417 e. The van der Waals surface area contributed by atoms with Crippen LogP contribution in [0.2, 0.25) is 5.02 Å². The van der Waals surface area contributed by atoms with Gasteiger partial charge in [-0.05, 0) is 42.0 Å². The second-order valence-corrected chi connectivity index (χ2v) is 11.5. The van der Waals surface area contributed by atoms with E-state index < -0.39 is 72.8 Å². The van der Waals surface area contributed by atoms with Crippen LogP contribution in [0.15, 0.2) is 41.4 Å². The maximum Gasteiger partial charge on any atom is 0.417 e.